The molecule has 0 aliphatic carbocycles. The molecular formula is C17H20ClNO3S. The molecule has 0 unspecified atom stereocenters. The minimum atomic E-state index is -3.45. The van der Waals surface area contributed by atoms with Gasteiger partial charge < -0.3 is 4.74 Å². The number of rotatable bonds is 7. The highest BCUT2D eigenvalue weighted by Gasteiger charge is 2.18. The maximum absolute atomic E-state index is 12.4. The number of hydrogen-bond donors (Lipinski definition) is 1. The van der Waals surface area contributed by atoms with Crippen molar-refractivity contribution in [3.05, 3.63) is 64.7 Å². The lowest BCUT2D eigenvalue weighted by Gasteiger charge is -2.18. The van der Waals surface area contributed by atoms with Crippen LogP contribution in [0.5, 0.6) is 5.75 Å². The van der Waals surface area contributed by atoms with Gasteiger partial charge in [-0.3, -0.25) is 0 Å². The molecule has 0 aromatic heterocycles. The lowest BCUT2D eigenvalue weighted by atomic mass is 10.1. The number of sulfonamides is 1. The maximum Gasteiger partial charge on any atom is 0.216 e. The van der Waals surface area contributed by atoms with E-state index in [1.54, 1.807) is 31.4 Å². The molecule has 0 spiro atoms. The van der Waals surface area contributed by atoms with Gasteiger partial charge in [0.2, 0.25) is 10.0 Å². The first-order valence-electron chi connectivity index (χ1n) is 7.32. The fourth-order valence-electron chi connectivity index (χ4n) is 2.28. The van der Waals surface area contributed by atoms with Gasteiger partial charge in [-0.2, -0.15) is 0 Å². The van der Waals surface area contributed by atoms with Gasteiger partial charge >= 0.3 is 0 Å². The highest BCUT2D eigenvalue weighted by atomic mass is 35.5. The van der Waals surface area contributed by atoms with E-state index in [4.69, 9.17) is 16.3 Å². The Morgan fingerprint density at radius 2 is 1.70 bits per heavy atom. The van der Waals surface area contributed by atoms with Crippen molar-refractivity contribution in [1.29, 1.82) is 0 Å². The molecule has 2 aromatic carbocycles. The van der Waals surface area contributed by atoms with E-state index in [0.29, 0.717) is 17.0 Å². The molecule has 23 heavy (non-hydrogen) atoms. The van der Waals surface area contributed by atoms with Crippen molar-refractivity contribution in [3.8, 4) is 5.75 Å². The molecule has 2 aromatic rings. The van der Waals surface area contributed by atoms with E-state index < -0.39 is 10.0 Å². The standard InChI is InChI=1S/C17H20ClNO3S/c1-3-17(14-6-10-16(22-2)11-7-14)19-23(20,21)12-13-4-8-15(18)9-5-13/h4-11,17,19H,3,12H2,1-2H3/t17-/m1/s1. The lowest BCUT2D eigenvalue weighted by molar-refractivity contribution is 0.414. The van der Waals surface area contributed by atoms with Crippen LogP contribution in [0.2, 0.25) is 5.02 Å². The van der Waals surface area contributed by atoms with Gasteiger partial charge in [-0.25, -0.2) is 13.1 Å². The van der Waals surface area contributed by atoms with Crippen LogP contribution >= 0.6 is 11.6 Å². The van der Waals surface area contributed by atoms with E-state index >= 15 is 0 Å². The number of nitrogens with one attached hydrogen (secondary N) is 1. The smallest absolute Gasteiger partial charge is 0.216 e. The number of benzene rings is 2. The van der Waals surface area contributed by atoms with Gasteiger partial charge in [0.1, 0.15) is 5.75 Å². The third-order valence-corrected chi connectivity index (χ3v) is 5.13. The summed E-state index contributed by atoms with van der Waals surface area (Å²) >= 11 is 5.82. The molecule has 0 heterocycles. The number of halogens is 1. The highest BCUT2D eigenvalue weighted by Crippen LogP contribution is 2.22. The summed E-state index contributed by atoms with van der Waals surface area (Å²) in [5.41, 5.74) is 1.61. The van der Waals surface area contributed by atoms with Crippen LogP contribution in [0.15, 0.2) is 48.5 Å². The molecule has 0 aliphatic heterocycles. The summed E-state index contributed by atoms with van der Waals surface area (Å²) in [4.78, 5) is 0. The Balaban J connectivity index is 2.10. The van der Waals surface area contributed by atoms with E-state index in [2.05, 4.69) is 4.72 Å². The van der Waals surface area contributed by atoms with Crippen LogP contribution < -0.4 is 9.46 Å². The number of methoxy groups -OCH3 is 1. The Hall–Kier alpha value is -1.56. The molecule has 0 bridgehead atoms. The summed E-state index contributed by atoms with van der Waals surface area (Å²) in [6.07, 6.45) is 0.659. The highest BCUT2D eigenvalue weighted by molar-refractivity contribution is 7.88. The van der Waals surface area contributed by atoms with Gasteiger partial charge in [-0.1, -0.05) is 42.8 Å². The van der Waals surface area contributed by atoms with Crippen molar-refractivity contribution in [2.45, 2.75) is 25.1 Å². The van der Waals surface area contributed by atoms with E-state index in [-0.39, 0.29) is 11.8 Å². The van der Waals surface area contributed by atoms with Crippen molar-refractivity contribution in [1.82, 2.24) is 4.72 Å². The average molecular weight is 354 g/mol. The Labute approximate surface area is 142 Å². The molecule has 0 saturated heterocycles. The molecule has 0 fully saturated rings. The molecule has 0 amide bonds. The summed E-state index contributed by atoms with van der Waals surface area (Å²) in [6.45, 7) is 1.94. The average Bonchev–Trinajstić information content (AvgIpc) is 2.55. The molecule has 1 atom stereocenters. The minimum absolute atomic E-state index is 0.0726. The van der Waals surface area contributed by atoms with Crippen LogP contribution in [0.1, 0.15) is 30.5 Å². The fourth-order valence-corrected chi connectivity index (χ4v) is 3.86. The second kappa shape index (κ2) is 7.81. The lowest BCUT2D eigenvalue weighted by Crippen LogP contribution is -2.29. The van der Waals surface area contributed by atoms with Gasteiger partial charge in [-0.15, -0.1) is 0 Å². The van der Waals surface area contributed by atoms with Crippen LogP contribution in [0.4, 0.5) is 0 Å². The predicted octanol–water partition coefficient (Wildman–Crippen LogP) is 3.92. The second-order valence-electron chi connectivity index (χ2n) is 5.24. The topological polar surface area (TPSA) is 55.4 Å². The quantitative estimate of drug-likeness (QED) is 0.820. The zero-order valence-electron chi connectivity index (χ0n) is 13.1. The van der Waals surface area contributed by atoms with Crippen molar-refractivity contribution in [2.75, 3.05) is 7.11 Å². The summed E-state index contributed by atoms with van der Waals surface area (Å²) < 4.78 is 32.6. The fraction of sp³-hybridized carbons (Fsp3) is 0.294. The first kappa shape index (κ1) is 17.8. The van der Waals surface area contributed by atoms with E-state index in [0.717, 1.165) is 11.3 Å². The zero-order chi connectivity index (χ0) is 16.9. The van der Waals surface area contributed by atoms with Gasteiger partial charge in [0.15, 0.2) is 0 Å². The second-order valence-corrected chi connectivity index (χ2v) is 7.43. The van der Waals surface area contributed by atoms with Crippen LogP contribution in [0.25, 0.3) is 0 Å². The van der Waals surface area contributed by atoms with Crippen molar-refractivity contribution >= 4 is 21.6 Å². The number of ether oxygens (including phenoxy) is 1. The Morgan fingerprint density at radius 3 is 2.22 bits per heavy atom. The van der Waals surface area contributed by atoms with Crippen molar-refractivity contribution in [3.63, 3.8) is 0 Å². The molecule has 124 valence electrons. The molecule has 0 saturated carbocycles. The van der Waals surface area contributed by atoms with Crippen LogP contribution in [0, 0.1) is 0 Å². The molecule has 4 nitrogen and oxygen atoms in total. The minimum Gasteiger partial charge on any atom is -0.497 e. The van der Waals surface area contributed by atoms with Gasteiger partial charge in [-0.05, 0) is 41.8 Å². The third-order valence-electron chi connectivity index (χ3n) is 3.52. The normalized spacial score (nSPS) is 12.8. The molecule has 0 aliphatic rings. The van der Waals surface area contributed by atoms with Crippen molar-refractivity contribution in [2.24, 2.45) is 0 Å². The molecule has 0 radical (unpaired) electrons. The Bertz CT molecular complexity index is 727. The Kier molecular flexibility index (Phi) is 6.04. The van der Waals surface area contributed by atoms with Gasteiger partial charge in [0, 0.05) is 11.1 Å². The first-order valence-corrected chi connectivity index (χ1v) is 9.35. The molecular weight excluding hydrogens is 334 g/mol. The summed E-state index contributed by atoms with van der Waals surface area (Å²) in [5.74, 6) is 0.671. The van der Waals surface area contributed by atoms with E-state index in [9.17, 15) is 8.42 Å². The zero-order valence-corrected chi connectivity index (χ0v) is 14.7. The van der Waals surface area contributed by atoms with Crippen LogP contribution in [0.3, 0.4) is 0 Å². The van der Waals surface area contributed by atoms with Crippen LogP contribution in [-0.4, -0.2) is 15.5 Å². The van der Waals surface area contributed by atoms with Gasteiger partial charge in [0.25, 0.3) is 0 Å². The van der Waals surface area contributed by atoms with Crippen LogP contribution in [-0.2, 0) is 15.8 Å². The summed E-state index contributed by atoms with van der Waals surface area (Å²) in [6, 6.07) is 13.9. The maximum atomic E-state index is 12.4. The molecule has 2 rings (SSSR count). The third kappa shape index (κ3) is 5.23. The van der Waals surface area contributed by atoms with E-state index in [1.165, 1.54) is 0 Å². The summed E-state index contributed by atoms with van der Waals surface area (Å²) in [5, 5.41) is 0.587. The monoisotopic (exact) mass is 353 g/mol. The largest absolute Gasteiger partial charge is 0.497 e. The summed E-state index contributed by atoms with van der Waals surface area (Å²) in [7, 11) is -1.85. The Morgan fingerprint density at radius 1 is 1.09 bits per heavy atom. The molecule has 1 N–H and O–H groups in total. The SMILES string of the molecule is CC[C@@H](NS(=O)(=O)Cc1ccc(Cl)cc1)c1ccc(OC)cc1. The van der Waals surface area contributed by atoms with Gasteiger partial charge in [0.05, 0.1) is 12.9 Å². The van der Waals surface area contributed by atoms with E-state index in [1.807, 2.05) is 31.2 Å². The van der Waals surface area contributed by atoms with Crippen molar-refractivity contribution < 1.29 is 13.2 Å². The first-order chi connectivity index (χ1) is 10.9. The number of hydrogen-bond acceptors (Lipinski definition) is 3. The predicted molar refractivity (Wildman–Crippen MR) is 93.2 cm³/mol. The molecule has 6 heteroatoms.